The SMILES string of the molecule is CS(=O)(=O)N1CCO[C@@H](CNC(=O)Nc2cccc(-c3cnco3)c2)C1. The fourth-order valence-electron chi connectivity index (χ4n) is 2.61. The monoisotopic (exact) mass is 380 g/mol. The van der Waals surface area contributed by atoms with Crippen LogP contribution in [0.4, 0.5) is 10.5 Å². The van der Waals surface area contributed by atoms with Crippen molar-refractivity contribution in [2.75, 3.05) is 37.8 Å². The molecule has 140 valence electrons. The number of hydrogen-bond donors (Lipinski definition) is 2. The molecule has 1 fully saturated rings. The first-order valence-electron chi connectivity index (χ1n) is 8.02. The van der Waals surface area contributed by atoms with Gasteiger partial charge < -0.3 is 19.8 Å². The third kappa shape index (κ3) is 4.81. The topological polar surface area (TPSA) is 114 Å². The van der Waals surface area contributed by atoms with Crippen molar-refractivity contribution in [3.8, 4) is 11.3 Å². The summed E-state index contributed by atoms with van der Waals surface area (Å²) in [5, 5.41) is 5.42. The van der Waals surface area contributed by atoms with E-state index in [1.807, 2.05) is 6.07 Å². The second-order valence-electron chi connectivity index (χ2n) is 5.90. The van der Waals surface area contributed by atoms with Crippen molar-refractivity contribution in [3.63, 3.8) is 0 Å². The van der Waals surface area contributed by atoms with Crippen molar-refractivity contribution >= 4 is 21.7 Å². The molecule has 2 amide bonds. The molecule has 2 N–H and O–H groups in total. The van der Waals surface area contributed by atoms with E-state index in [2.05, 4.69) is 15.6 Å². The summed E-state index contributed by atoms with van der Waals surface area (Å²) in [6.07, 6.45) is 3.71. The third-order valence-corrected chi connectivity index (χ3v) is 5.17. The molecule has 26 heavy (non-hydrogen) atoms. The number of carbonyl (C=O) groups excluding carboxylic acids is 1. The van der Waals surface area contributed by atoms with Gasteiger partial charge in [0.15, 0.2) is 12.2 Å². The van der Waals surface area contributed by atoms with Crippen molar-refractivity contribution in [2.24, 2.45) is 0 Å². The fraction of sp³-hybridized carbons (Fsp3) is 0.375. The van der Waals surface area contributed by atoms with Gasteiger partial charge in [0.1, 0.15) is 0 Å². The van der Waals surface area contributed by atoms with Gasteiger partial charge in [0.05, 0.1) is 25.2 Å². The Kier molecular flexibility index (Phi) is 5.55. The number of nitrogens with zero attached hydrogens (tertiary/aromatic N) is 2. The van der Waals surface area contributed by atoms with Crippen LogP contribution < -0.4 is 10.6 Å². The van der Waals surface area contributed by atoms with E-state index in [1.54, 1.807) is 24.4 Å². The number of rotatable bonds is 5. The second-order valence-corrected chi connectivity index (χ2v) is 7.88. The molecule has 1 aliphatic rings. The van der Waals surface area contributed by atoms with Gasteiger partial charge in [-0.2, -0.15) is 4.31 Å². The summed E-state index contributed by atoms with van der Waals surface area (Å²) in [7, 11) is -3.26. The van der Waals surface area contributed by atoms with Crippen LogP contribution in [-0.2, 0) is 14.8 Å². The Morgan fingerprint density at radius 2 is 2.27 bits per heavy atom. The van der Waals surface area contributed by atoms with Crippen molar-refractivity contribution < 1.29 is 22.4 Å². The van der Waals surface area contributed by atoms with E-state index in [0.29, 0.717) is 24.6 Å². The normalized spacial score (nSPS) is 18.4. The third-order valence-electron chi connectivity index (χ3n) is 3.90. The first kappa shape index (κ1) is 18.4. The largest absolute Gasteiger partial charge is 0.444 e. The van der Waals surface area contributed by atoms with Gasteiger partial charge >= 0.3 is 6.03 Å². The predicted octanol–water partition coefficient (Wildman–Crippen LogP) is 1.12. The van der Waals surface area contributed by atoms with Gasteiger partial charge in [-0.15, -0.1) is 0 Å². The van der Waals surface area contributed by atoms with Crippen LogP contribution in [-0.4, -0.2) is 62.3 Å². The van der Waals surface area contributed by atoms with Crippen LogP contribution in [0.1, 0.15) is 0 Å². The Morgan fingerprint density at radius 1 is 1.42 bits per heavy atom. The molecule has 0 unspecified atom stereocenters. The predicted molar refractivity (Wildman–Crippen MR) is 95.1 cm³/mol. The Balaban J connectivity index is 1.52. The number of hydrogen-bond acceptors (Lipinski definition) is 6. The Morgan fingerprint density at radius 3 is 3.00 bits per heavy atom. The van der Waals surface area contributed by atoms with Crippen LogP contribution in [0.15, 0.2) is 41.3 Å². The summed E-state index contributed by atoms with van der Waals surface area (Å²) >= 11 is 0. The van der Waals surface area contributed by atoms with Crippen LogP contribution >= 0.6 is 0 Å². The maximum absolute atomic E-state index is 12.1. The van der Waals surface area contributed by atoms with Gasteiger partial charge in [-0.25, -0.2) is 18.2 Å². The number of nitrogens with one attached hydrogen (secondary N) is 2. The molecule has 2 heterocycles. The van der Waals surface area contributed by atoms with E-state index in [4.69, 9.17) is 9.15 Å². The highest BCUT2D eigenvalue weighted by atomic mass is 32.2. The number of amides is 2. The summed E-state index contributed by atoms with van der Waals surface area (Å²) in [5.41, 5.74) is 1.39. The summed E-state index contributed by atoms with van der Waals surface area (Å²) in [6.45, 7) is 1.07. The van der Waals surface area contributed by atoms with Crippen molar-refractivity contribution in [2.45, 2.75) is 6.10 Å². The number of oxazole rings is 1. The van der Waals surface area contributed by atoms with Gasteiger partial charge in [0.2, 0.25) is 10.0 Å². The van der Waals surface area contributed by atoms with E-state index in [9.17, 15) is 13.2 Å². The molecular formula is C16H20N4O5S. The lowest BCUT2D eigenvalue weighted by Crippen LogP contribution is -2.49. The Bertz CT molecular complexity index is 853. The van der Waals surface area contributed by atoms with E-state index >= 15 is 0 Å². The van der Waals surface area contributed by atoms with E-state index < -0.39 is 16.1 Å². The summed E-state index contributed by atoms with van der Waals surface area (Å²) < 4.78 is 35.3. The average Bonchev–Trinajstić information content (AvgIpc) is 3.14. The number of ether oxygens (including phenoxy) is 1. The zero-order valence-corrected chi connectivity index (χ0v) is 15.0. The number of morpholine rings is 1. The highest BCUT2D eigenvalue weighted by Gasteiger charge is 2.26. The lowest BCUT2D eigenvalue weighted by Gasteiger charge is -2.31. The Labute approximate surface area is 151 Å². The smallest absolute Gasteiger partial charge is 0.319 e. The molecule has 3 rings (SSSR count). The maximum atomic E-state index is 12.1. The summed E-state index contributed by atoms with van der Waals surface area (Å²) in [4.78, 5) is 16.0. The van der Waals surface area contributed by atoms with Gasteiger partial charge in [-0.3, -0.25) is 0 Å². The first-order chi connectivity index (χ1) is 12.4. The molecule has 1 aliphatic heterocycles. The van der Waals surface area contributed by atoms with Gasteiger partial charge in [-0.05, 0) is 12.1 Å². The van der Waals surface area contributed by atoms with Crippen LogP contribution in [0, 0.1) is 0 Å². The molecule has 0 spiro atoms. The molecule has 1 aromatic carbocycles. The zero-order valence-electron chi connectivity index (χ0n) is 14.2. The van der Waals surface area contributed by atoms with Crippen molar-refractivity contribution in [1.29, 1.82) is 0 Å². The molecule has 2 aromatic rings. The number of anilines is 1. The Hall–Kier alpha value is -2.43. The van der Waals surface area contributed by atoms with Gasteiger partial charge in [0.25, 0.3) is 0 Å². The average molecular weight is 380 g/mol. The lowest BCUT2D eigenvalue weighted by atomic mass is 10.1. The summed E-state index contributed by atoms with van der Waals surface area (Å²) in [6, 6.07) is 6.76. The highest BCUT2D eigenvalue weighted by Crippen LogP contribution is 2.21. The summed E-state index contributed by atoms with van der Waals surface area (Å²) in [5.74, 6) is 0.602. The van der Waals surface area contributed by atoms with Gasteiger partial charge in [0, 0.05) is 30.9 Å². The standard InChI is InChI=1S/C16H20N4O5S/c1-26(22,23)20-5-6-24-14(10-20)8-18-16(21)19-13-4-2-3-12(7-13)15-9-17-11-25-15/h2-4,7,9,11,14H,5-6,8,10H2,1H3,(H2,18,19,21)/t14-/m0/s1. The van der Waals surface area contributed by atoms with Crippen LogP contribution in [0.25, 0.3) is 11.3 Å². The molecule has 9 nitrogen and oxygen atoms in total. The fourth-order valence-corrected chi connectivity index (χ4v) is 3.45. The number of carbonyl (C=O) groups is 1. The van der Waals surface area contributed by atoms with Crippen LogP contribution in [0.5, 0.6) is 0 Å². The lowest BCUT2D eigenvalue weighted by molar-refractivity contribution is 0.00167. The molecule has 1 aromatic heterocycles. The quantitative estimate of drug-likeness (QED) is 0.804. The number of sulfonamides is 1. The van der Waals surface area contributed by atoms with Crippen LogP contribution in [0.3, 0.4) is 0 Å². The zero-order chi connectivity index (χ0) is 18.6. The van der Waals surface area contributed by atoms with Crippen molar-refractivity contribution in [1.82, 2.24) is 14.6 Å². The minimum atomic E-state index is -3.26. The minimum absolute atomic E-state index is 0.208. The van der Waals surface area contributed by atoms with E-state index in [-0.39, 0.29) is 19.2 Å². The minimum Gasteiger partial charge on any atom is -0.444 e. The highest BCUT2D eigenvalue weighted by molar-refractivity contribution is 7.88. The molecule has 0 aliphatic carbocycles. The molecule has 1 atom stereocenters. The first-order valence-corrected chi connectivity index (χ1v) is 9.87. The molecule has 0 bridgehead atoms. The molecule has 10 heteroatoms. The van der Waals surface area contributed by atoms with Crippen molar-refractivity contribution in [3.05, 3.63) is 36.9 Å². The van der Waals surface area contributed by atoms with E-state index in [0.717, 1.165) is 11.8 Å². The van der Waals surface area contributed by atoms with Gasteiger partial charge in [-0.1, -0.05) is 12.1 Å². The number of benzene rings is 1. The second kappa shape index (κ2) is 7.85. The molecule has 1 saturated heterocycles. The maximum Gasteiger partial charge on any atom is 0.319 e. The molecular weight excluding hydrogens is 360 g/mol. The number of urea groups is 1. The molecule has 0 radical (unpaired) electrons. The molecule has 0 saturated carbocycles. The number of aromatic nitrogens is 1. The van der Waals surface area contributed by atoms with E-state index in [1.165, 1.54) is 10.7 Å². The van der Waals surface area contributed by atoms with Crippen LogP contribution in [0.2, 0.25) is 0 Å².